The summed E-state index contributed by atoms with van der Waals surface area (Å²) >= 11 is 0. The lowest BCUT2D eigenvalue weighted by atomic mass is 9.87. The van der Waals surface area contributed by atoms with Crippen LogP contribution in [0.15, 0.2) is 12.1 Å². The minimum absolute atomic E-state index is 0.285. The Morgan fingerprint density at radius 2 is 1.74 bits per heavy atom. The normalized spacial score (nSPS) is 17.4. The molecule has 0 aliphatic heterocycles. The highest BCUT2D eigenvalue weighted by Gasteiger charge is 2.42. The first-order valence-corrected chi connectivity index (χ1v) is 6.89. The third kappa shape index (κ3) is 2.75. The van der Waals surface area contributed by atoms with E-state index in [1.165, 1.54) is 5.56 Å². The van der Waals surface area contributed by atoms with E-state index in [0.717, 1.165) is 42.6 Å². The standard InChI is InChI=1S/C16H22O3/c1-11-8-12(2)14(13(3)9-11)19-10-16(15(17)18)6-4-5-7-16/h8-9H,4-7,10H2,1-3H3,(H,17,18). The van der Waals surface area contributed by atoms with Crippen molar-refractivity contribution >= 4 is 5.97 Å². The first-order valence-electron chi connectivity index (χ1n) is 6.89. The SMILES string of the molecule is Cc1cc(C)c(OCC2(C(=O)O)CCCC2)c(C)c1. The number of benzene rings is 1. The van der Waals surface area contributed by atoms with E-state index in [4.69, 9.17) is 4.74 Å². The maximum Gasteiger partial charge on any atom is 0.313 e. The van der Waals surface area contributed by atoms with E-state index in [0.29, 0.717) is 0 Å². The lowest BCUT2D eigenvalue weighted by Crippen LogP contribution is -2.34. The van der Waals surface area contributed by atoms with Gasteiger partial charge in [0.15, 0.2) is 0 Å². The molecule has 1 N–H and O–H groups in total. The van der Waals surface area contributed by atoms with Gasteiger partial charge >= 0.3 is 5.97 Å². The molecule has 0 unspecified atom stereocenters. The van der Waals surface area contributed by atoms with Gasteiger partial charge in [-0.1, -0.05) is 30.5 Å². The molecule has 1 aromatic carbocycles. The molecule has 0 amide bonds. The van der Waals surface area contributed by atoms with Crippen LogP contribution in [0.25, 0.3) is 0 Å². The highest BCUT2D eigenvalue weighted by atomic mass is 16.5. The Kier molecular flexibility index (Phi) is 3.83. The molecule has 0 aromatic heterocycles. The maximum absolute atomic E-state index is 11.5. The van der Waals surface area contributed by atoms with Crippen molar-refractivity contribution in [2.75, 3.05) is 6.61 Å². The van der Waals surface area contributed by atoms with Gasteiger partial charge in [0.2, 0.25) is 0 Å². The molecule has 2 rings (SSSR count). The van der Waals surface area contributed by atoms with Crippen LogP contribution in [0.5, 0.6) is 5.75 Å². The minimum atomic E-state index is -0.715. The molecule has 1 fully saturated rings. The minimum Gasteiger partial charge on any atom is -0.492 e. The van der Waals surface area contributed by atoms with Crippen LogP contribution in [0.3, 0.4) is 0 Å². The number of carboxylic acid groups (broad SMARTS) is 1. The van der Waals surface area contributed by atoms with Crippen molar-refractivity contribution in [1.82, 2.24) is 0 Å². The first-order chi connectivity index (χ1) is 8.94. The Morgan fingerprint density at radius 1 is 1.21 bits per heavy atom. The smallest absolute Gasteiger partial charge is 0.313 e. The molecular formula is C16H22O3. The molecule has 19 heavy (non-hydrogen) atoms. The molecule has 3 nitrogen and oxygen atoms in total. The van der Waals surface area contributed by atoms with Crippen molar-refractivity contribution in [1.29, 1.82) is 0 Å². The molecule has 0 heterocycles. The lowest BCUT2D eigenvalue weighted by molar-refractivity contribution is -0.150. The van der Waals surface area contributed by atoms with Crippen molar-refractivity contribution in [3.63, 3.8) is 0 Å². The van der Waals surface area contributed by atoms with E-state index >= 15 is 0 Å². The summed E-state index contributed by atoms with van der Waals surface area (Å²) in [7, 11) is 0. The van der Waals surface area contributed by atoms with Crippen LogP contribution >= 0.6 is 0 Å². The number of hydrogen-bond donors (Lipinski definition) is 1. The van der Waals surface area contributed by atoms with Gasteiger partial charge in [-0.05, 0) is 44.7 Å². The molecule has 0 radical (unpaired) electrons. The van der Waals surface area contributed by atoms with Crippen LogP contribution in [0.2, 0.25) is 0 Å². The third-order valence-corrected chi connectivity index (χ3v) is 4.11. The van der Waals surface area contributed by atoms with Crippen molar-refractivity contribution in [2.45, 2.75) is 46.5 Å². The van der Waals surface area contributed by atoms with Crippen LogP contribution in [-0.2, 0) is 4.79 Å². The Balaban J connectivity index is 2.16. The van der Waals surface area contributed by atoms with Gasteiger partial charge in [0.1, 0.15) is 17.8 Å². The van der Waals surface area contributed by atoms with Gasteiger partial charge in [-0.3, -0.25) is 4.79 Å². The number of hydrogen-bond acceptors (Lipinski definition) is 2. The van der Waals surface area contributed by atoms with E-state index in [1.54, 1.807) is 0 Å². The van der Waals surface area contributed by atoms with Crippen LogP contribution in [-0.4, -0.2) is 17.7 Å². The summed E-state index contributed by atoms with van der Waals surface area (Å²) in [5.74, 6) is 0.130. The first kappa shape index (κ1) is 13.9. The van der Waals surface area contributed by atoms with Crippen molar-refractivity contribution < 1.29 is 14.6 Å². The molecular weight excluding hydrogens is 240 g/mol. The number of carbonyl (C=O) groups is 1. The summed E-state index contributed by atoms with van der Waals surface area (Å²) in [6, 6.07) is 4.15. The molecule has 1 saturated carbocycles. The maximum atomic E-state index is 11.5. The van der Waals surface area contributed by atoms with E-state index < -0.39 is 11.4 Å². The van der Waals surface area contributed by atoms with Crippen molar-refractivity contribution in [3.05, 3.63) is 28.8 Å². The van der Waals surface area contributed by atoms with Crippen LogP contribution in [0.4, 0.5) is 0 Å². The highest BCUT2D eigenvalue weighted by Crippen LogP contribution is 2.39. The molecule has 1 aliphatic carbocycles. The molecule has 3 heteroatoms. The fourth-order valence-electron chi connectivity index (χ4n) is 3.08. The molecule has 104 valence electrons. The summed E-state index contributed by atoms with van der Waals surface area (Å²) in [5.41, 5.74) is 2.69. The second-order valence-corrected chi connectivity index (χ2v) is 5.81. The number of rotatable bonds is 4. The average molecular weight is 262 g/mol. The Bertz CT molecular complexity index is 462. The van der Waals surface area contributed by atoms with Gasteiger partial charge < -0.3 is 9.84 Å². The van der Waals surface area contributed by atoms with Gasteiger partial charge in [-0.25, -0.2) is 0 Å². The largest absolute Gasteiger partial charge is 0.492 e. The zero-order valence-corrected chi connectivity index (χ0v) is 12.0. The van der Waals surface area contributed by atoms with Gasteiger partial charge in [-0.15, -0.1) is 0 Å². The summed E-state index contributed by atoms with van der Waals surface area (Å²) < 4.78 is 5.89. The summed E-state index contributed by atoms with van der Waals surface area (Å²) in [4.78, 5) is 11.5. The molecule has 0 atom stereocenters. The van der Waals surface area contributed by atoms with Gasteiger partial charge in [0.05, 0.1) is 0 Å². The van der Waals surface area contributed by atoms with Gasteiger partial charge in [0, 0.05) is 0 Å². The number of aryl methyl sites for hydroxylation is 3. The molecule has 0 spiro atoms. The Hall–Kier alpha value is -1.51. The molecule has 1 aliphatic rings. The highest BCUT2D eigenvalue weighted by molar-refractivity contribution is 5.75. The second kappa shape index (κ2) is 5.24. The van der Waals surface area contributed by atoms with E-state index in [-0.39, 0.29) is 6.61 Å². The second-order valence-electron chi connectivity index (χ2n) is 5.81. The van der Waals surface area contributed by atoms with Crippen molar-refractivity contribution in [2.24, 2.45) is 5.41 Å². The fraction of sp³-hybridized carbons (Fsp3) is 0.562. The summed E-state index contributed by atoms with van der Waals surface area (Å²) in [6.45, 7) is 6.36. The van der Waals surface area contributed by atoms with Crippen LogP contribution < -0.4 is 4.74 Å². The zero-order chi connectivity index (χ0) is 14.0. The number of carboxylic acids is 1. The predicted molar refractivity (Wildman–Crippen MR) is 74.7 cm³/mol. The Labute approximate surface area is 114 Å². The fourth-order valence-corrected chi connectivity index (χ4v) is 3.08. The van der Waals surface area contributed by atoms with Crippen LogP contribution in [0.1, 0.15) is 42.4 Å². The van der Waals surface area contributed by atoms with E-state index in [2.05, 4.69) is 19.1 Å². The molecule has 0 bridgehead atoms. The van der Waals surface area contributed by atoms with Crippen LogP contribution in [0, 0.1) is 26.2 Å². The zero-order valence-electron chi connectivity index (χ0n) is 12.0. The Morgan fingerprint density at radius 3 is 2.21 bits per heavy atom. The lowest BCUT2D eigenvalue weighted by Gasteiger charge is -2.25. The molecule has 0 saturated heterocycles. The van der Waals surface area contributed by atoms with Gasteiger partial charge in [-0.2, -0.15) is 0 Å². The molecule has 1 aromatic rings. The number of ether oxygens (including phenoxy) is 1. The van der Waals surface area contributed by atoms with E-state index in [9.17, 15) is 9.90 Å². The van der Waals surface area contributed by atoms with E-state index in [1.807, 2.05) is 13.8 Å². The average Bonchev–Trinajstić information content (AvgIpc) is 2.77. The quantitative estimate of drug-likeness (QED) is 0.901. The topological polar surface area (TPSA) is 46.5 Å². The summed E-state index contributed by atoms with van der Waals surface area (Å²) in [5, 5.41) is 9.44. The van der Waals surface area contributed by atoms with Crippen molar-refractivity contribution in [3.8, 4) is 5.75 Å². The number of aliphatic carboxylic acids is 1. The monoisotopic (exact) mass is 262 g/mol. The predicted octanol–water partition coefficient (Wildman–Crippen LogP) is 3.64. The third-order valence-electron chi connectivity index (χ3n) is 4.11. The summed E-state index contributed by atoms with van der Waals surface area (Å²) in [6.07, 6.45) is 3.43. The van der Waals surface area contributed by atoms with Gasteiger partial charge in [0.25, 0.3) is 0 Å².